The van der Waals surface area contributed by atoms with Crippen LogP contribution in [0.5, 0.6) is 0 Å². The van der Waals surface area contributed by atoms with Crippen molar-refractivity contribution in [1.29, 1.82) is 0 Å². The van der Waals surface area contributed by atoms with E-state index in [-0.39, 0.29) is 5.82 Å². The quantitative estimate of drug-likeness (QED) is 0.216. The molecule has 5 rings (SSSR count). The van der Waals surface area contributed by atoms with E-state index in [1.165, 1.54) is 27.7 Å². The minimum absolute atomic E-state index is 0.234. The maximum absolute atomic E-state index is 14.3. The van der Waals surface area contributed by atoms with Crippen molar-refractivity contribution in [2.24, 2.45) is 7.05 Å². The SMILES string of the molecule is Cc1ccc2c([Si](C)(C)C)cc(-c3c(C)ccc4c3oc3c(C)c(F)ccc34)[n+](C)c2c1. The van der Waals surface area contributed by atoms with Gasteiger partial charge in [-0.05, 0) is 55.3 Å². The number of nitrogens with zero attached hydrogens (tertiary/aromatic N) is 1. The first kappa shape index (κ1) is 20.9. The molecular formula is C28H29FNOSi+. The lowest BCUT2D eigenvalue weighted by Gasteiger charge is -2.20. The maximum atomic E-state index is 14.3. The van der Waals surface area contributed by atoms with Gasteiger partial charge in [-0.15, -0.1) is 0 Å². The lowest BCUT2D eigenvalue weighted by molar-refractivity contribution is -0.633. The van der Waals surface area contributed by atoms with Gasteiger partial charge in [0, 0.05) is 33.9 Å². The average molecular weight is 443 g/mol. The molecule has 2 heterocycles. The monoisotopic (exact) mass is 442 g/mol. The Bertz CT molecular complexity index is 1560. The number of fused-ring (bicyclic) bond motifs is 4. The van der Waals surface area contributed by atoms with Crippen LogP contribution in [0.2, 0.25) is 19.6 Å². The molecule has 2 aromatic heterocycles. The summed E-state index contributed by atoms with van der Waals surface area (Å²) in [5.74, 6) is -0.234. The van der Waals surface area contributed by atoms with Crippen molar-refractivity contribution < 1.29 is 13.4 Å². The molecule has 0 saturated heterocycles. The third-order valence-corrected chi connectivity index (χ3v) is 8.74. The zero-order chi connectivity index (χ0) is 22.9. The molecule has 0 N–H and O–H groups in total. The van der Waals surface area contributed by atoms with E-state index in [0.717, 1.165) is 33.2 Å². The van der Waals surface area contributed by atoms with Crippen LogP contribution < -0.4 is 9.75 Å². The number of hydrogen-bond acceptors (Lipinski definition) is 1. The van der Waals surface area contributed by atoms with Gasteiger partial charge < -0.3 is 4.42 Å². The molecule has 0 fully saturated rings. The molecule has 5 aromatic rings. The smallest absolute Gasteiger partial charge is 0.216 e. The molecule has 0 aliphatic rings. The van der Waals surface area contributed by atoms with Crippen LogP contribution in [-0.2, 0) is 7.05 Å². The first-order valence-electron chi connectivity index (χ1n) is 11.1. The zero-order valence-corrected chi connectivity index (χ0v) is 20.9. The van der Waals surface area contributed by atoms with Crippen LogP contribution in [0.4, 0.5) is 4.39 Å². The van der Waals surface area contributed by atoms with Crippen LogP contribution in [0, 0.1) is 26.6 Å². The number of aromatic nitrogens is 1. The summed E-state index contributed by atoms with van der Waals surface area (Å²) in [5, 5.41) is 4.76. The van der Waals surface area contributed by atoms with Crippen LogP contribution in [0.3, 0.4) is 0 Å². The van der Waals surface area contributed by atoms with E-state index < -0.39 is 8.07 Å². The number of aryl methyl sites for hydroxylation is 4. The Morgan fingerprint density at radius 2 is 1.47 bits per heavy atom. The van der Waals surface area contributed by atoms with E-state index >= 15 is 0 Å². The Kier molecular flexibility index (Phi) is 4.58. The van der Waals surface area contributed by atoms with Crippen molar-refractivity contribution in [3.63, 3.8) is 0 Å². The van der Waals surface area contributed by atoms with Gasteiger partial charge in [0.2, 0.25) is 11.2 Å². The molecule has 0 atom stereocenters. The molecule has 0 saturated carbocycles. The van der Waals surface area contributed by atoms with E-state index in [2.05, 4.69) is 81.5 Å². The predicted molar refractivity (Wildman–Crippen MR) is 135 cm³/mol. The highest BCUT2D eigenvalue weighted by Crippen LogP contribution is 2.38. The van der Waals surface area contributed by atoms with Gasteiger partial charge in [-0.25, -0.2) is 4.39 Å². The Hall–Kier alpha value is -2.98. The fourth-order valence-corrected chi connectivity index (χ4v) is 6.47. The molecule has 2 nitrogen and oxygen atoms in total. The highest BCUT2D eigenvalue weighted by atomic mass is 28.3. The highest BCUT2D eigenvalue weighted by molar-refractivity contribution is 6.90. The minimum Gasteiger partial charge on any atom is -0.455 e. The topological polar surface area (TPSA) is 17.0 Å². The third-order valence-electron chi connectivity index (χ3n) is 6.71. The molecule has 3 aromatic carbocycles. The minimum atomic E-state index is -1.63. The number of halogens is 1. The van der Waals surface area contributed by atoms with E-state index in [1.54, 1.807) is 6.92 Å². The number of furan rings is 1. The first-order chi connectivity index (χ1) is 15.1. The standard InChI is InChI=1S/C28H29FNOSi/c1-16-8-10-21-23(14-16)30(4)24(15-25(21)32(5,6)7)26-17(2)9-11-20-19-12-13-22(29)18(3)27(19)31-28(20)26/h8-15H,1-7H3/q+1. The Labute approximate surface area is 189 Å². The van der Waals surface area contributed by atoms with Gasteiger partial charge >= 0.3 is 0 Å². The first-order valence-corrected chi connectivity index (χ1v) is 14.6. The van der Waals surface area contributed by atoms with Gasteiger partial charge in [0.1, 0.15) is 24.0 Å². The van der Waals surface area contributed by atoms with Crippen LogP contribution in [0.25, 0.3) is 44.1 Å². The summed E-state index contributed by atoms with van der Waals surface area (Å²) in [4.78, 5) is 0. The third kappa shape index (κ3) is 3.00. The average Bonchev–Trinajstić information content (AvgIpc) is 3.10. The van der Waals surface area contributed by atoms with E-state index in [1.807, 2.05) is 6.07 Å². The van der Waals surface area contributed by atoms with Crippen molar-refractivity contribution in [1.82, 2.24) is 0 Å². The van der Waals surface area contributed by atoms with Crippen molar-refractivity contribution in [3.8, 4) is 11.3 Å². The Morgan fingerprint density at radius 3 is 2.19 bits per heavy atom. The molecule has 0 aliphatic carbocycles. The van der Waals surface area contributed by atoms with Crippen LogP contribution >= 0.6 is 0 Å². The highest BCUT2D eigenvalue weighted by Gasteiger charge is 2.29. The molecular weight excluding hydrogens is 413 g/mol. The Balaban J connectivity index is 1.96. The lowest BCUT2D eigenvalue weighted by Crippen LogP contribution is -2.43. The number of hydrogen-bond donors (Lipinski definition) is 0. The Morgan fingerprint density at radius 1 is 0.812 bits per heavy atom. The lowest BCUT2D eigenvalue weighted by atomic mass is 9.99. The molecule has 4 heteroatoms. The summed E-state index contributed by atoms with van der Waals surface area (Å²) in [5.41, 5.74) is 7.88. The van der Waals surface area contributed by atoms with Crippen molar-refractivity contribution >= 4 is 46.1 Å². The predicted octanol–water partition coefficient (Wildman–Crippen LogP) is 6.84. The summed E-state index contributed by atoms with van der Waals surface area (Å²) in [6.45, 7) is 13.2. The van der Waals surface area contributed by atoms with Gasteiger partial charge in [-0.1, -0.05) is 37.8 Å². The largest absolute Gasteiger partial charge is 0.455 e. The fraction of sp³-hybridized carbons (Fsp3) is 0.250. The summed E-state index contributed by atoms with van der Waals surface area (Å²) in [6.07, 6.45) is 0. The van der Waals surface area contributed by atoms with E-state index in [9.17, 15) is 4.39 Å². The molecule has 0 radical (unpaired) electrons. The second-order valence-electron chi connectivity index (χ2n) is 10.1. The van der Waals surface area contributed by atoms with Crippen molar-refractivity contribution in [3.05, 3.63) is 71.0 Å². The van der Waals surface area contributed by atoms with E-state index in [4.69, 9.17) is 4.42 Å². The number of rotatable bonds is 2. The molecule has 32 heavy (non-hydrogen) atoms. The molecule has 0 unspecified atom stereocenters. The van der Waals surface area contributed by atoms with Gasteiger partial charge in [-0.3, -0.25) is 0 Å². The summed E-state index contributed by atoms with van der Waals surface area (Å²) in [6, 6.07) is 16.7. The second kappa shape index (κ2) is 7.01. The van der Waals surface area contributed by atoms with E-state index in [0.29, 0.717) is 11.1 Å². The van der Waals surface area contributed by atoms with Crippen LogP contribution in [0.15, 0.2) is 52.9 Å². The molecule has 162 valence electrons. The number of pyridine rings is 1. The van der Waals surface area contributed by atoms with Gasteiger partial charge in [-0.2, -0.15) is 4.57 Å². The van der Waals surface area contributed by atoms with Crippen LogP contribution in [0.1, 0.15) is 16.7 Å². The summed E-state index contributed by atoms with van der Waals surface area (Å²) < 4.78 is 23.0. The van der Waals surface area contributed by atoms with Crippen molar-refractivity contribution in [2.75, 3.05) is 0 Å². The number of benzene rings is 3. The summed E-state index contributed by atoms with van der Waals surface area (Å²) in [7, 11) is 0.507. The van der Waals surface area contributed by atoms with Crippen LogP contribution in [-0.4, -0.2) is 8.07 Å². The summed E-state index contributed by atoms with van der Waals surface area (Å²) >= 11 is 0. The normalized spacial score (nSPS) is 12.4. The second-order valence-corrected chi connectivity index (χ2v) is 15.1. The molecule has 0 aliphatic heterocycles. The maximum Gasteiger partial charge on any atom is 0.216 e. The van der Waals surface area contributed by atoms with Gasteiger partial charge in [0.05, 0.1) is 13.6 Å². The zero-order valence-electron chi connectivity index (χ0n) is 19.9. The molecule has 0 bridgehead atoms. The van der Waals surface area contributed by atoms with Gasteiger partial charge in [0.25, 0.3) is 0 Å². The molecule has 0 spiro atoms. The van der Waals surface area contributed by atoms with Gasteiger partial charge in [0.15, 0.2) is 0 Å². The molecule has 0 amide bonds. The van der Waals surface area contributed by atoms with Crippen molar-refractivity contribution in [2.45, 2.75) is 40.4 Å². The fourth-order valence-electron chi connectivity index (χ4n) is 4.88.